The maximum absolute atomic E-state index is 12.0. The van der Waals surface area contributed by atoms with Crippen molar-refractivity contribution in [2.45, 2.75) is 11.1 Å². The van der Waals surface area contributed by atoms with Crippen molar-refractivity contribution in [1.29, 1.82) is 0 Å². The maximum Gasteiger partial charge on any atom is 0.348 e. The fourth-order valence-electron chi connectivity index (χ4n) is 1.71. The number of nitrogens with zero attached hydrogens (tertiary/aromatic N) is 1. The van der Waals surface area contributed by atoms with Gasteiger partial charge in [-0.15, -0.1) is 22.7 Å². The van der Waals surface area contributed by atoms with Crippen molar-refractivity contribution in [2.24, 2.45) is 0 Å². The number of aryl methyl sites for hydroxylation is 1. The number of benzene rings is 1. The highest BCUT2D eigenvalue weighted by Gasteiger charge is 2.17. The topological polar surface area (TPSA) is 56.3 Å². The normalized spacial score (nSPS) is 11.5. The monoisotopic (exact) mass is 337 g/mol. The first-order chi connectivity index (χ1) is 10.0. The molecule has 0 unspecified atom stereocenters. The smallest absolute Gasteiger partial charge is 0.348 e. The SMILES string of the molecule is Cc1csc(-c2ccc(OS(=O)(=O)c3cccs3)cc2)n1. The molecule has 1 aromatic carbocycles. The standard InChI is InChI=1S/C14H11NO3S3/c1-10-9-20-14(15-10)11-4-6-12(7-5-11)18-21(16,17)13-3-2-8-19-13/h2-9H,1H3. The lowest BCUT2D eigenvalue weighted by Crippen LogP contribution is -2.07. The van der Waals surface area contributed by atoms with E-state index in [0.29, 0.717) is 5.75 Å². The van der Waals surface area contributed by atoms with Crippen molar-refractivity contribution in [2.75, 3.05) is 0 Å². The van der Waals surface area contributed by atoms with Gasteiger partial charge in [0.05, 0.1) is 0 Å². The Morgan fingerprint density at radius 2 is 1.86 bits per heavy atom. The molecule has 0 atom stereocenters. The first-order valence-electron chi connectivity index (χ1n) is 6.05. The van der Waals surface area contributed by atoms with Crippen LogP contribution in [0.3, 0.4) is 0 Å². The highest BCUT2D eigenvalue weighted by molar-refractivity contribution is 7.89. The summed E-state index contributed by atoms with van der Waals surface area (Å²) in [5, 5.41) is 4.57. The predicted octanol–water partition coefficient (Wildman–Crippen LogP) is 3.95. The Morgan fingerprint density at radius 3 is 2.43 bits per heavy atom. The Morgan fingerprint density at radius 1 is 1.10 bits per heavy atom. The van der Waals surface area contributed by atoms with Crippen LogP contribution in [0.5, 0.6) is 5.75 Å². The van der Waals surface area contributed by atoms with Crippen LogP contribution in [0, 0.1) is 6.92 Å². The van der Waals surface area contributed by atoms with Gasteiger partial charge in [0.15, 0.2) is 4.21 Å². The molecular weight excluding hydrogens is 326 g/mol. The third kappa shape index (κ3) is 3.15. The average Bonchev–Trinajstić information content (AvgIpc) is 3.10. The number of rotatable bonds is 4. The highest BCUT2D eigenvalue weighted by atomic mass is 32.3. The van der Waals surface area contributed by atoms with E-state index in [-0.39, 0.29) is 4.21 Å². The molecule has 3 aromatic rings. The quantitative estimate of drug-likeness (QED) is 0.677. The summed E-state index contributed by atoms with van der Waals surface area (Å²) in [6, 6.07) is 10.1. The summed E-state index contributed by atoms with van der Waals surface area (Å²) in [4.78, 5) is 4.39. The van der Waals surface area contributed by atoms with Gasteiger partial charge in [0.1, 0.15) is 10.8 Å². The summed E-state index contributed by atoms with van der Waals surface area (Å²) < 4.78 is 29.3. The number of hydrogen-bond acceptors (Lipinski definition) is 6. The van der Waals surface area contributed by atoms with E-state index in [0.717, 1.165) is 27.6 Å². The zero-order valence-electron chi connectivity index (χ0n) is 11.0. The largest absolute Gasteiger partial charge is 0.378 e. The lowest BCUT2D eigenvalue weighted by molar-refractivity contribution is 0.488. The number of hydrogen-bond donors (Lipinski definition) is 0. The predicted molar refractivity (Wildman–Crippen MR) is 84.4 cm³/mol. The van der Waals surface area contributed by atoms with Gasteiger partial charge in [0.2, 0.25) is 0 Å². The second kappa shape index (κ2) is 5.59. The van der Waals surface area contributed by atoms with Crippen LogP contribution < -0.4 is 4.18 Å². The van der Waals surface area contributed by atoms with Crippen LogP contribution >= 0.6 is 22.7 Å². The first-order valence-corrected chi connectivity index (χ1v) is 9.22. The molecule has 0 spiro atoms. The molecule has 2 heterocycles. The van der Waals surface area contributed by atoms with Crippen LogP contribution in [0.15, 0.2) is 51.4 Å². The summed E-state index contributed by atoms with van der Waals surface area (Å²) in [7, 11) is -3.74. The zero-order chi connectivity index (χ0) is 14.9. The van der Waals surface area contributed by atoms with E-state index < -0.39 is 10.1 Å². The average molecular weight is 337 g/mol. The molecule has 3 rings (SSSR count). The molecule has 2 aromatic heterocycles. The molecule has 21 heavy (non-hydrogen) atoms. The van der Waals surface area contributed by atoms with Gasteiger partial charge in [-0.25, -0.2) is 4.98 Å². The fraction of sp³-hybridized carbons (Fsp3) is 0.0714. The van der Waals surface area contributed by atoms with E-state index in [1.54, 1.807) is 47.0 Å². The Hall–Kier alpha value is -1.70. The van der Waals surface area contributed by atoms with Crippen LogP contribution in [-0.2, 0) is 10.1 Å². The van der Waals surface area contributed by atoms with Gasteiger partial charge >= 0.3 is 10.1 Å². The summed E-state index contributed by atoms with van der Waals surface area (Å²) in [5.41, 5.74) is 1.91. The third-order valence-corrected chi connectivity index (χ3v) is 6.28. The number of thiazole rings is 1. The molecule has 0 bridgehead atoms. The molecule has 0 fully saturated rings. The number of thiophene rings is 1. The second-order valence-corrected chi connectivity index (χ2v) is 7.87. The molecule has 7 heteroatoms. The van der Waals surface area contributed by atoms with Gasteiger partial charge in [0, 0.05) is 16.6 Å². The van der Waals surface area contributed by atoms with Crippen molar-refractivity contribution in [3.8, 4) is 16.3 Å². The number of aromatic nitrogens is 1. The zero-order valence-corrected chi connectivity index (χ0v) is 13.5. The Balaban J connectivity index is 1.82. The summed E-state index contributed by atoms with van der Waals surface area (Å²) in [6.07, 6.45) is 0. The van der Waals surface area contributed by atoms with Crippen LogP contribution in [-0.4, -0.2) is 13.4 Å². The molecule has 0 aliphatic rings. The molecule has 0 N–H and O–H groups in total. The Labute approximate surface area is 130 Å². The van der Waals surface area contributed by atoms with Crippen molar-refractivity contribution in [3.05, 3.63) is 52.9 Å². The highest BCUT2D eigenvalue weighted by Crippen LogP contribution is 2.27. The van der Waals surface area contributed by atoms with Gasteiger partial charge in [0.25, 0.3) is 0 Å². The molecule has 0 saturated carbocycles. The third-order valence-electron chi connectivity index (χ3n) is 2.67. The van der Waals surface area contributed by atoms with Gasteiger partial charge in [-0.1, -0.05) is 6.07 Å². The van der Waals surface area contributed by atoms with Gasteiger partial charge in [-0.3, -0.25) is 0 Å². The van der Waals surface area contributed by atoms with Crippen molar-refractivity contribution < 1.29 is 12.6 Å². The molecule has 4 nitrogen and oxygen atoms in total. The lowest BCUT2D eigenvalue weighted by Gasteiger charge is -2.05. The van der Waals surface area contributed by atoms with E-state index in [1.165, 1.54) is 6.07 Å². The minimum absolute atomic E-state index is 0.196. The van der Waals surface area contributed by atoms with Crippen LogP contribution in [0.1, 0.15) is 5.69 Å². The molecule has 108 valence electrons. The summed E-state index contributed by atoms with van der Waals surface area (Å²) >= 11 is 2.68. The van der Waals surface area contributed by atoms with Crippen molar-refractivity contribution in [1.82, 2.24) is 4.98 Å². The Kier molecular flexibility index (Phi) is 3.79. The molecule has 0 aliphatic heterocycles. The van der Waals surface area contributed by atoms with Crippen molar-refractivity contribution in [3.63, 3.8) is 0 Å². The van der Waals surface area contributed by atoms with Crippen LogP contribution in [0.25, 0.3) is 10.6 Å². The fourth-order valence-corrected chi connectivity index (χ4v) is 4.40. The van der Waals surface area contributed by atoms with E-state index in [2.05, 4.69) is 4.98 Å². The molecule has 0 amide bonds. The van der Waals surface area contributed by atoms with Gasteiger partial charge < -0.3 is 4.18 Å². The molecular formula is C14H11NO3S3. The summed E-state index contributed by atoms with van der Waals surface area (Å²) in [6.45, 7) is 1.94. The second-order valence-electron chi connectivity index (χ2n) is 4.29. The molecule has 0 radical (unpaired) electrons. The first kappa shape index (κ1) is 14.2. The van der Waals surface area contributed by atoms with Gasteiger partial charge in [-0.2, -0.15) is 8.42 Å². The van der Waals surface area contributed by atoms with E-state index in [9.17, 15) is 8.42 Å². The minimum Gasteiger partial charge on any atom is -0.378 e. The van der Waals surface area contributed by atoms with Crippen LogP contribution in [0.4, 0.5) is 0 Å². The minimum atomic E-state index is -3.74. The summed E-state index contributed by atoms with van der Waals surface area (Å²) in [5.74, 6) is 0.292. The maximum atomic E-state index is 12.0. The van der Waals surface area contributed by atoms with Crippen LogP contribution in [0.2, 0.25) is 0 Å². The molecule has 0 saturated heterocycles. The van der Waals surface area contributed by atoms with E-state index in [4.69, 9.17) is 4.18 Å². The lowest BCUT2D eigenvalue weighted by atomic mass is 10.2. The van der Waals surface area contributed by atoms with Gasteiger partial charge in [-0.05, 0) is 42.6 Å². The van der Waals surface area contributed by atoms with E-state index >= 15 is 0 Å². The molecule has 0 aliphatic carbocycles. The van der Waals surface area contributed by atoms with E-state index in [1.807, 2.05) is 12.3 Å². The van der Waals surface area contributed by atoms with Crippen molar-refractivity contribution >= 4 is 32.8 Å². The Bertz CT molecular complexity index is 834.